The Kier molecular flexibility index (Phi) is 5.02. The predicted octanol–water partition coefficient (Wildman–Crippen LogP) is 4.95. The molecule has 0 aliphatic heterocycles. The van der Waals surface area contributed by atoms with Crippen LogP contribution >= 0.6 is 15.9 Å². The molecule has 2 rings (SSSR count). The number of carbonyl (C=O) groups excluding carboxylic acids is 1. The summed E-state index contributed by atoms with van der Waals surface area (Å²) in [7, 11) is 0. The van der Waals surface area contributed by atoms with Crippen LogP contribution in [0.1, 0.15) is 29.7 Å². The Labute approximate surface area is 133 Å². The summed E-state index contributed by atoms with van der Waals surface area (Å²) in [6.07, 6.45) is 0. The van der Waals surface area contributed by atoms with Crippen molar-refractivity contribution >= 4 is 27.6 Å². The Hall–Kier alpha value is -1.81. The minimum Gasteiger partial charge on any atom is -0.331 e. The third-order valence-corrected chi connectivity index (χ3v) is 4.01. The fourth-order valence-corrected chi connectivity index (χ4v) is 2.28. The predicted molar refractivity (Wildman–Crippen MR) is 90.6 cm³/mol. The van der Waals surface area contributed by atoms with E-state index in [0.717, 1.165) is 21.3 Å². The van der Waals surface area contributed by atoms with Crippen molar-refractivity contribution in [3.63, 3.8) is 0 Å². The van der Waals surface area contributed by atoms with E-state index in [1.165, 1.54) is 5.56 Å². The third kappa shape index (κ3) is 4.33. The lowest BCUT2D eigenvalue weighted by Gasteiger charge is -2.15. The van der Waals surface area contributed by atoms with E-state index in [9.17, 15) is 4.79 Å². The molecule has 1 unspecified atom stereocenters. The molecule has 110 valence electrons. The van der Waals surface area contributed by atoms with Crippen molar-refractivity contribution in [2.24, 2.45) is 0 Å². The Morgan fingerprint density at radius 3 is 2.33 bits per heavy atom. The molecule has 0 fully saturated rings. The number of hydrogen-bond donors (Lipinski definition) is 2. The van der Waals surface area contributed by atoms with Crippen LogP contribution in [0.4, 0.5) is 10.5 Å². The van der Waals surface area contributed by atoms with E-state index in [4.69, 9.17) is 0 Å². The molecule has 0 aliphatic carbocycles. The largest absolute Gasteiger partial charge is 0.331 e. The minimum absolute atomic E-state index is 0.0513. The van der Waals surface area contributed by atoms with Gasteiger partial charge in [0.25, 0.3) is 0 Å². The first-order valence-electron chi connectivity index (χ1n) is 6.86. The minimum atomic E-state index is -0.200. The van der Waals surface area contributed by atoms with Crippen molar-refractivity contribution in [2.75, 3.05) is 5.32 Å². The molecule has 0 aliphatic rings. The van der Waals surface area contributed by atoms with Crippen molar-refractivity contribution in [1.29, 1.82) is 0 Å². The molecule has 4 heteroatoms. The average Bonchev–Trinajstić information content (AvgIpc) is 2.43. The van der Waals surface area contributed by atoms with E-state index in [0.29, 0.717) is 0 Å². The monoisotopic (exact) mass is 346 g/mol. The number of hydrogen-bond acceptors (Lipinski definition) is 1. The quantitative estimate of drug-likeness (QED) is 0.811. The van der Waals surface area contributed by atoms with Gasteiger partial charge in [-0.2, -0.15) is 0 Å². The number of benzene rings is 2. The average molecular weight is 347 g/mol. The van der Waals surface area contributed by atoms with Crippen LogP contribution in [0.5, 0.6) is 0 Å². The van der Waals surface area contributed by atoms with Gasteiger partial charge in [-0.05, 0) is 61.7 Å². The molecule has 3 nitrogen and oxygen atoms in total. The smallest absolute Gasteiger partial charge is 0.319 e. The maximum Gasteiger partial charge on any atom is 0.319 e. The molecule has 2 N–H and O–H groups in total. The lowest BCUT2D eigenvalue weighted by molar-refractivity contribution is 0.249. The summed E-state index contributed by atoms with van der Waals surface area (Å²) >= 11 is 3.40. The summed E-state index contributed by atoms with van der Waals surface area (Å²) in [5.41, 5.74) is 4.24. The summed E-state index contributed by atoms with van der Waals surface area (Å²) < 4.78 is 1.03. The first-order chi connectivity index (χ1) is 9.95. The van der Waals surface area contributed by atoms with Gasteiger partial charge in [-0.25, -0.2) is 4.79 Å². The first-order valence-corrected chi connectivity index (χ1v) is 7.65. The summed E-state index contributed by atoms with van der Waals surface area (Å²) in [5.74, 6) is 0. The molecular weight excluding hydrogens is 328 g/mol. The van der Waals surface area contributed by atoms with Gasteiger partial charge in [-0.1, -0.05) is 34.1 Å². The number of urea groups is 1. The highest BCUT2D eigenvalue weighted by Crippen LogP contribution is 2.17. The molecule has 21 heavy (non-hydrogen) atoms. The SMILES string of the molecule is Cc1ccc(NC(=O)NC(C)c2ccc(Br)cc2)cc1C. The molecule has 2 aromatic rings. The highest BCUT2D eigenvalue weighted by atomic mass is 79.9. The van der Waals surface area contributed by atoms with Crippen LogP contribution in [0.15, 0.2) is 46.9 Å². The zero-order chi connectivity index (χ0) is 15.4. The zero-order valence-electron chi connectivity index (χ0n) is 12.4. The van der Waals surface area contributed by atoms with E-state index in [-0.39, 0.29) is 12.1 Å². The van der Waals surface area contributed by atoms with E-state index in [1.54, 1.807) is 0 Å². The summed E-state index contributed by atoms with van der Waals surface area (Å²) in [5, 5.41) is 5.80. The van der Waals surface area contributed by atoms with Crippen LogP contribution in [0.2, 0.25) is 0 Å². The number of rotatable bonds is 3. The third-order valence-electron chi connectivity index (χ3n) is 3.48. The maximum absolute atomic E-state index is 12.0. The van der Waals surface area contributed by atoms with Gasteiger partial charge in [0, 0.05) is 10.2 Å². The van der Waals surface area contributed by atoms with Gasteiger partial charge in [0.2, 0.25) is 0 Å². The van der Waals surface area contributed by atoms with E-state index < -0.39 is 0 Å². The van der Waals surface area contributed by atoms with Crippen molar-refractivity contribution in [1.82, 2.24) is 5.32 Å². The van der Waals surface area contributed by atoms with Crippen LogP contribution in [0.3, 0.4) is 0 Å². The van der Waals surface area contributed by atoms with Gasteiger partial charge in [-0.15, -0.1) is 0 Å². The number of aryl methyl sites for hydroxylation is 2. The van der Waals surface area contributed by atoms with Crippen LogP contribution in [-0.2, 0) is 0 Å². The number of amides is 2. The second-order valence-electron chi connectivity index (χ2n) is 5.17. The summed E-state index contributed by atoms with van der Waals surface area (Å²) in [6.45, 7) is 6.04. The van der Waals surface area contributed by atoms with Gasteiger partial charge >= 0.3 is 6.03 Å². The molecule has 0 saturated heterocycles. The fourth-order valence-electron chi connectivity index (χ4n) is 2.02. The number of halogens is 1. The molecule has 2 aromatic carbocycles. The first kappa shape index (κ1) is 15.6. The Balaban J connectivity index is 1.97. The molecule has 1 atom stereocenters. The number of nitrogens with one attached hydrogen (secondary N) is 2. The highest BCUT2D eigenvalue weighted by molar-refractivity contribution is 9.10. The van der Waals surface area contributed by atoms with Crippen LogP contribution < -0.4 is 10.6 Å². The van der Waals surface area contributed by atoms with Gasteiger partial charge in [0.05, 0.1) is 6.04 Å². The molecular formula is C17H19BrN2O. The van der Waals surface area contributed by atoms with Gasteiger partial charge in [-0.3, -0.25) is 0 Å². The van der Waals surface area contributed by atoms with E-state index in [1.807, 2.05) is 56.3 Å². The second-order valence-corrected chi connectivity index (χ2v) is 6.09. The van der Waals surface area contributed by atoms with E-state index in [2.05, 4.69) is 33.5 Å². The van der Waals surface area contributed by atoms with Crippen molar-refractivity contribution in [2.45, 2.75) is 26.8 Å². The normalized spacial score (nSPS) is 11.8. The van der Waals surface area contributed by atoms with Crippen molar-refractivity contribution in [3.05, 3.63) is 63.6 Å². The number of carbonyl (C=O) groups is 1. The molecule has 0 spiro atoms. The van der Waals surface area contributed by atoms with Crippen LogP contribution in [-0.4, -0.2) is 6.03 Å². The molecule has 0 heterocycles. The molecule has 0 aromatic heterocycles. The molecule has 0 bridgehead atoms. The maximum atomic E-state index is 12.0. The molecule has 0 saturated carbocycles. The Bertz CT molecular complexity index is 638. The van der Waals surface area contributed by atoms with Gasteiger partial charge in [0.15, 0.2) is 0 Å². The Morgan fingerprint density at radius 2 is 1.71 bits per heavy atom. The Morgan fingerprint density at radius 1 is 1.05 bits per heavy atom. The van der Waals surface area contributed by atoms with Gasteiger partial charge in [0.1, 0.15) is 0 Å². The lowest BCUT2D eigenvalue weighted by atomic mass is 10.1. The number of anilines is 1. The topological polar surface area (TPSA) is 41.1 Å². The van der Waals surface area contributed by atoms with E-state index >= 15 is 0 Å². The van der Waals surface area contributed by atoms with Crippen LogP contribution in [0.25, 0.3) is 0 Å². The lowest BCUT2D eigenvalue weighted by Crippen LogP contribution is -2.31. The highest BCUT2D eigenvalue weighted by Gasteiger charge is 2.09. The standard InChI is InChI=1S/C17H19BrN2O/c1-11-4-9-16(10-12(11)2)20-17(21)19-13(3)14-5-7-15(18)8-6-14/h4-10,13H,1-3H3,(H2,19,20,21). The zero-order valence-corrected chi connectivity index (χ0v) is 14.0. The van der Waals surface area contributed by atoms with Crippen molar-refractivity contribution < 1.29 is 4.79 Å². The second kappa shape index (κ2) is 6.76. The van der Waals surface area contributed by atoms with Gasteiger partial charge < -0.3 is 10.6 Å². The molecule has 2 amide bonds. The summed E-state index contributed by atoms with van der Waals surface area (Å²) in [6, 6.07) is 13.5. The van der Waals surface area contributed by atoms with Crippen LogP contribution in [0, 0.1) is 13.8 Å². The summed E-state index contributed by atoms with van der Waals surface area (Å²) in [4.78, 5) is 12.0. The molecule has 0 radical (unpaired) electrons. The fraction of sp³-hybridized carbons (Fsp3) is 0.235. The van der Waals surface area contributed by atoms with Crippen molar-refractivity contribution in [3.8, 4) is 0 Å².